The molecule has 0 spiro atoms. The number of hydrogen-bond donors (Lipinski definition) is 1. The average molecular weight is 346 g/mol. The maximum absolute atomic E-state index is 12.8. The van der Waals surface area contributed by atoms with Gasteiger partial charge in [-0.25, -0.2) is 0 Å². The lowest BCUT2D eigenvalue weighted by Crippen LogP contribution is -2.60. The van der Waals surface area contributed by atoms with Crippen molar-refractivity contribution >= 4 is 22.6 Å². The van der Waals surface area contributed by atoms with Gasteiger partial charge in [-0.15, -0.1) is 12.4 Å². The summed E-state index contributed by atoms with van der Waals surface area (Å²) in [5, 5.41) is 3.29. The van der Waals surface area contributed by atoms with E-state index in [2.05, 4.69) is 5.32 Å². The predicted octanol–water partition coefficient (Wildman–Crippen LogP) is -0.0700. The van der Waals surface area contributed by atoms with E-state index in [0.717, 1.165) is 0 Å². The number of nitrogens with zero attached hydrogens (tertiary/aromatic N) is 2. The molecule has 1 aliphatic rings. The van der Waals surface area contributed by atoms with Crippen molar-refractivity contribution in [2.24, 2.45) is 0 Å². The summed E-state index contributed by atoms with van der Waals surface area (Å²) in [6.07, 6.45) is 0. The summed E-state index contributed by atoms with van der Waals surface area (Å²) in [4.78, 5) is 0. The van der Waals surface area contributed by atoms with Gasteiger partial charge in [-0.1, -0.05) is 0 Å². The van der Waals surface area contributed by atoms with Crippen molar-refractivity contribution in [1.82, 2.24) is 13.9 Å². The van der Waals surface area contributed by atoms with Crippen molar-refractivity contribution < 1.29 is 17.9 Å². The maximum atomic E-state index is 12.8. The third-order valence-electron chi connectivity index (χ3n) is 3.69. The smallest absolute Gasteiger partial charge is 0.282 e. The van der Waals surface area contributed by atoms with Crippen LogP contribution in [0.25, 0.3) is 0 Å². The number of methoxy groups -OCH3 is 2. The molecule has 0 saturated carbocycles. The summed E-state index contributed by atoms with van der Waals surface area (Å²) in [7, 11) is -0.352. The van der Waals surface area contributed by atoms with Crippen LogP contribution in [0.5, 0.6) is 0 Å². The number of nitrogens with one attached hydrogen (secondary N) is 1. The second-order valence-corrected chi connectivity index (χ2v) is 6.87. The summed E-state index contributed by atoms with van der Waals surface area (Å²) in [5.41, 5.74) is 0. The SMILES string of the molecule is COCCN(CCOC)S(=O)(=O)N1CCNC(C)C1C.Cl. The van der Waals surface area contributed by atoms with Gasteiger partial charge in [-0.05, 0) is 13.8 Å². The zero-order valence-electron chi connectivity index (χ0n) is 13.2. The molecule has 7 nitrogen and oxygen atoms in total. The van der Waals surface area contributed by atoms with Crippen molar-refractivity contribution in [3.8, 4) is 0 Å². The fourth-order valence-electron chi connectivity index (χ4n) is 2.23. The van der Waals surface area contributed by atoms with Crippen LogP contribution in [0, 0.1) is 0 Å². The molecular weight excluding hydrogens is 318 g/mol. The third-order valence-corrected chi connectivity index (χ3v) is 5.81. The molecule has 9 heteroatoms. The van der Waals surface area contributed by atoms with Crippen molar-refractivity contribution in [1.29, 1.82) is 0 Å². The van der Waals surface area contributed by atoms with Gasteiger partial charge in [-0.3, -0.25) is 0 Å². The summed E-state index contributed by atoms with van der Waals surface area (Å²) >= 11 is 0. The molecule has 0 bridgehead atoms. The van der Waals surface area contributed by atoms with Gasteiger partial charge in [0, 0.05) is 52.5 Å². The molecule has 0 aliphatic carbocycles. The van der Waals surface area contributed by atoms with Gasteiger partial charge in [0.2, 0.25) is 0 Å². The minimum atomic E-state index is -3.48. The topological polar surface area (TPSA) is 71.1 Å². The Morgan fingerprint density at radius 1 is 1.19 bits per heavy atom. The number of halogens is 1. The number of ether oxygens (including phenoxy) is 2. The molecule has 0 amide bonds. The quantitative estimate of drug-likeness (QED) is 0.667. The lowest BCUT2D eigenvalue weighted by molar-refractivity contribution is 0.141. The number of piperazine rings is 1. The van der Waals surface area contributed by atoms with Crippen LogP contribution in [0.4, 0.5) is 0 Å². The standard InChI is InChI=1S/C12H27N3O4S.ClH/c1-11-12(2)15(6-5-13-11)20(16,17)14(7-9-18-3)8-10-19-4;/h11-13H,5-10H2,1-4H3;1H. The Hall–Kier alpha value is 0.0400. The van der Waals surface area contributed by atoms with E-state index in [9.17, 15) is 8.42 Å². The first-order valence-corrected chi connectivity index (χ1v) is 8.33. The summed E-state index contributed by atoms with van der Waals surface area (Å²) < 4.78 is 38.6. The van der Waals surface area contributed by atoms with Crippen molar-refractivity contribution in [2.45, 2.75) is 25.9 Å². The molecule has 1 fully saturated rings. The monoisotopic (exact) mass is 345 g/mol. The van der Waals surface area contributed by atoms with E-state index in [1.807, 2.05) is 13.8 Å². The molecule has 0 aromatic carbocycles. The fourth-order valence-corrected chi connectivity index (χ4v) is 4.06. The van der Waals surface area contributed by atoms with Crippen molar-refractivity contribution in [3.63, 3.8) is 0 Å². The molecule has 0 aromatic heterocycles. The summed E-state index contributed by atoms with van der Waals surface area (Å²) in [5.74, 6) is 0. The Labute approximate surface area is 134 Å². The molecular formula is C12H28ClN3O4S. The molecule has 2 atom stereocenters. The summed E-state index contributed by atoms with van der Waals surface area (Å²) in [6, 6.07) is 0.0755. The average Bonchev–Trinajstić information content (AvgIpc) is 2.41. The molecule has 1 N–H and O–H groups in total. The number of hydrogen-bond acceptors (Lipinski definition) is 5. The Kier molecular flexibility index (Phi) is 9.96. The minimum Gasteiger partial charge on any atom is -0.383 e. The van der Waals surface area contributed by atoms with Gasteiger partial charge in [0.25, 0.3) is 10.2 Å². The fraction of sp³-hybridized carbons (Fsp3) is 1.00. The Bertz CT molecular complexity index is 375. The molecule has 1 saturated heterocycles. The van der Waals surface area contributed by atoms with Crippen LogP contribution < -0.4 is 5.32 Å². The molecule has 128 valence electrons. The van der Waals surface area contributed by atoms with E-state index in [4.69, 9.17) is 9.47 Å². The highest BCUT2D eigenvalue weighted by Gasteiger charge is 2.36. The van der Waals surface area contributed by atoms with Crippen molar-refractivity contribution in [2.75, 3.05) is 53.6 Å². The van der Waals surface area contributed by atoms with Crippen LogP contribution in [0.2, 0.25) is 0 Å². The van der Waals surface area contributed by atoms with E-state index < -0.39 is 10.2 Å². The molecule has 1 aliphatic heterocycles. The second kappa shape index (κ2) is 9.94. The van der Waals surface area contributed by atoms with Crippen LogP contribution in [0.1, 0.15) is 13.8 Å². The Balaban J connectivity index is 0.00000400. The van der Waals surface area contributed by atoms with Gasteiger partial charge in [-0.2, -0.15) is 17.0 Å². The Morgan fingerprint density at radius 2 is 1.71 bits per heavy atom. The normalized spacial score (nSPS) is 24.0. The van der Waals surface area contributed by atoms with Crippen LogP contribution >= 0.6 is 12.4 Å². The van der Waals surface area contributed by atoms with E-state index in [0.29, 0.717) is 39.4 Å². The molecule has 1 rings (SSSR count). The van der Waals surface area contributed by atoms with Gasteiger partial charge < -0.3 is 14.8 Å². The largest absolute Gasteiger partial charge is 0.383 e. The molecule has 0 aromatic rings. The first-order chi connectivity index (χ1) is 9.45. The van der Waals surface area contributed by atoms with Gasteiger partial charge >= 0.3 is 0 Å². The zero-order valence-corrected chi connectivity index (χ0v) is 14.9. The maximum Gasteiger partial charge on any atom is 0.282 e. The highest BCUT2D eigenvalue weighted by molar-refractivity contribution is 7.86. The second-order valence-electron chi connectivity index (χ2n) is 4.99. The van der Waals surface area contributed by atoms with E-state index in [1.165, 1.54) is 4.31 Å². The summed E-state index contributed by atoms with van der Waals surface area (Å²) in [6.45, 7) is 6.52. The first kappa shape index (κ1) is 21.0. The zero-order chi connectivity index (χ0) is 15.2. The lowest BCUT2D eigenvalue weighted by Gasteiger charge is -2.40. The van der Waals surface area contributed by atoms with Crippen LogP contribution in [-0.4, -0.2) is 82.7 Å². The number of rotatable bonds is 8. The first-order valence-electron chi connectivity index (χ1n) is 6.93. The van der Waals surface area contributed by atoms with E-state index in [1.54, 1.807) is 18.5 Å². The molecule has 1 heterocycles. The highest BCUT2D eigenvalue weighted by Crippen LogP contribution is 2.17. The Morgan fingerprint density at radius 3 is 2.19 bits per heavy atom. The van der Waals surface area contributed by atoms with E-state index >= 15 is 0 Å². The van der Waals surface area contributed by atoms with Crippen LogP contribution in [0.15, 0.2) is 0 Å². The molecule has 0 radical (unpaired) electrons. The molecule has 21 heavy (non-hydrogen) atoms. The van der Waals surface area contributed by atoms with Crippen LogP contribution in [-0.2, 0) is 19.7 Å². The predicted molar refractivity (Wildman–Crippen MR) is 85.1 cm³/mol. The van der Waals surface area contributed by atoms with Crippen molar-refractivity contribution in [3.05, 3.63) is 0 Å². The van der Waals surface area contributed by atoms with Gasteiger partial charge in [0.05, 0.1) is 13.2 Å². The van der Waals surface area contributed by atoms with Gasteiger partial charge in [0.15, 0.2) is 0 Å². The third kappa shape index (κ3) is 5.63. The minimum absolute atomic E-state index is 0. The van der Waals surface area contributed by atoms with Gasteiger partial charge in [0.1, 0.15) is 0 Å². The van der Waals surface area contributed by atoms with E-state index in [-0.39, 0.29) is 24.5 Å². The highest BCUT2D eigenvalue weighted by atomic mass is 35.5. The molecule has 2 unspecified atom stereocenters. The van der Waals surface area contributed by atoms with Crippen LogP contribution in [0.3, 0.4) is 0 Å². The lowest BCUT2D eigenvalue weighted by atomic mass is 10.1.